The molecule has 1 aliphatic rings. The minimum Gasteiger partial charge on any atom is -0.495 e. The van der Waals surface area contributed by atoms with Crippen LogP contribution in [0.3, 0.4) is 0 Å². The number of hydrogen-bond acceptors (Lipinski definition) is 7. The summed E-state index contributed by atoms with van der Waals surface area (Å²) in [4.78, 5) is 14.8. The molecule has 6 nitrogen and oxygen atoms in total. The van der Waals surface area contributed by atoms with Gasteiger partial charge >= 0.3 is 0 Å². The molecular weight excluding hydrogens is 456 g/mol. The van der Waals surface area contributed by atoms with Gasteiger partial charge in [0.05, 0.1) is 24.8 Å². The number of benzene rings is 2. The Labute approximate surface area is 202 Å². The molecule has 0 atom stereocenters. The number of aromatic nitrogens is 2. The van der Waals surface area contributed by atoms with Crippen LogP contribution in [0.4, 0.5) is 11.5 Å². The van der Waals surface area contributed by atoms with Crippen molar-refractivity contribution in [2.24, 2.45) is 0 Å². The van der Waals surface area contributed by atoms with Crippen LogP contribution in [0.1, 0.15) is 6.92 Å². The lowest BCUT2D eigenvalue weighted by Crippen LogP contribution is -2.47. The molecule has 0 unspecified atom stereocenters. The van der Waals surface area contributed by atoms with Gasteiger partial charge in [-0.15, -0.1) is 11.3 Å². The monoisotopic (exact) mass is 480 g/mol. The van der Waals surface area contributed by atoms with Gasteiger partial charge < -0.3 is 19.3 Å². The van der Waals surface area contributed by atoms with Crippen molar-refractivity contribution >= 4 is 44.7 Å². The molecule has 0 amide bonds. The fourth-order valence-electron chi connectivity index (χ4n) is 4.29. The number of ether oxygens (including phenoxy) is 2. The lowest BCUT2D eigenvalue weighted by Gasteiger charge is -2.37. The van der Waals surface area contributed by atoms with Crippen LogP contribution in [0, 0.1) is 0 Å². The summed E-state index contributed by atoms with van der Waals surface area (Å²) in [5.41, 5.74) is 3.36. The van der Waals surface area contributed by atoms with E-state index in [1.54, 1.807) is 18.4 Å². The maximum atomic E-state index is 6.33. The van der Waals surface area contributed by atoms with Crippen molar-refractivity contribution in [1.29, 1.82) is 0 Å². The van der Waals surface area contributed by atoms with E-state index in [2.05, 4.69) is 43.3 Å². The Morgan fingerprint density at radius 1 is 0.970 bits per heavy atom. The summed E-state index contributed by atoms with van der Waals surface area (Å²) in [6.45, 7) is 6.04. The Hall–Kier alpha value is -3.03. The summed E-state index contributed by atoms with van der Waals surface area (Å²) in [5.74, 6) is 2.66. The highest BCUT2D eigenvalue weighted by atomic mass is 35.5. The molecule has 0 saturated carbocycles. The lowest BCUT2D eigenvalue weighted by atomic mass is 10.1. The van der Waals surface area contributed by atoms with Crippen LogP contribution in [0.15, 0.2) is 53.9 Å². The number of nitrogens with zero attached hydrogens (tertiary/aromatic N) is 4. The van der Waals surface area contributed by atoms with E-state index in [0.29, 0.717) is 6.61 Å². The van der Waals surface area contributed by atoms with Gasteiger partial charge in [-0.2, -0.15) is 4.98 Å². The second-order valence-corrected chi connectivity index (χ2v) is 8.95. The maximum absolute atomic E-state index is 6.33. The molecule has 0 radical (unpaired) electrons. The van der Waals surface area contributed by atoms with Crippen LogP contribution in [0.5, 0.6) is 11.5 Å². The summed E-state index contributed by atoms with van der Waals surface area (Å²) in [6.07, 6.45) is 0. The summed E-state index contributed by atoms with van der Waals surface area (Å²) < 4.78 is 11.2. The Balaban J connectivity index is 1.45. The molecule has 2 aromatic heterocycles. The van der Waals surface area contributed by atoms with Gasteiger partial charge in [-0.25, -0.2) is 4.98 Å². The summed E-state index contributed by atoms with van der Waals surface area (Å²) in [7, 11) is 1.72. The topological polar surface area (TPSA) is 50.7 Å². The van der Waals surface area contributed by atoms with E-state index < -0.39 is 0 Å². The van der Waals surface area contributed by atoms with E-state index in [4.69, 9.17) is 21.1 Å². The van der Waals surface area contributed by atoms with Crippen LogP contribution in [-0.4, -0.2) is 49.9 Å². The number of halogens is 1. The number of hydrogen-bond donors (Lipinski definition) is 0. The van der Waals surface area contributed by atoms with Crippen molar-refractivity contribution in [3.8, 4) is 22.6 Å². The number of thiophene rings is 1. The smallest absolute Gasteiger partial charge is 0.225 e. The van der Waals surface area contributed by atoms with Gasteiger partial charge in [-0.1, -0.05) is 24.3 Å². The number of piperazine rings is 1. The van der Waals surface area contributed by atoms with E-state index in [-0.39, 0.29) is 5.28 Å². The van der Waals surface area contributed by atoms with Gasteiger partial charge in [0.2, 0.25) is 5.28 Å². The van der Waals surface area contributed by atoms with E-state index in [0.717, 1.165) is 70.5 Å². The van der Waals surface area contributed by atoms with Crippen molar-refractivity contribution in [2.75, 3.05) is 49.7 Å². The molecule has 2 aromatic carbocycles. The highest BCUT2D eigenvalue weighted by Gasteiger charge is 2.24. The van der Waals surface area contributed by atoms with Gasteiger partial charge in [0.25, 0.3) is 0 Å². The second-order valence-electron chi connectivity index (χ2n) is 7.75. The molecule has 33 heavy (non-hydrogen) atoms. The highest BCUT2D eigenvalue weighted by molar-refractivity contribution is 7.17. The van der Waals surface area contributed by atoms with Crippen molar-refractivity contribution in [1.82, 2.24) is 9.97 Å². The molecule has 0 bridgehead atoms. The maximum Gasteiger partial charge on any atom is 0.225 e. The molecule has 4 aromatic rings. The number of fused-ring (bicyclic) bond motifs is 1. The fourth-order valence-corrected chi connectivity index (χ4v) is 5.44. The molecular formula is C25H25ClN4O2S. The Morgan fingerprint density at radius 3 is 2.42 bits per heavy atom. The Morgan fingerprint density at radius 2 is 1.70 bits per heavy atom. The van der Waals surface area contributed by atoms with Crippen molar-refractivity contribution < 1.29 is 9.47 Å². The van der Waals surface area contributed by atoms with Crippen LogP contribution in [0.2, 0.25) is 5.28 Å². The van der Waals surface area contributed by atoms with Gasteiger partial charge in [-0.05, 0) is 48.4 Å². The number of para-hydroxylation sites is 2. The molecule has 3 heterocycles. The highest BCUT2D eigenvalue weighted by Crippen LogP contribution is 2.40. The summed E-state index contributed by atoms with van der Waals surface area (Å²) in [5, 5.41) is 3.48. The molecule has 1 fully saturated rings. The zero-order valence-electron chi connectivity index (χ0n) is 18.6. The van der Waals surface area contributed by atoms with E-state index in [1.165, 1.54) is 0 Å². The standard InChI is InChI=1S/C25H25ClN4O2S/c1-3-32-18-10-8-17(9-11-18)19-16-33-24-22(19)23(27-25(26)28-24)30-14-12-29(13-15-30)20-6-4-5-7-21(20)31-2/h4-11,16H,3,12-15H2,1-2H3. The minimum atomic E-state index is 0.282. The average Bonchev–Trinajstić information content (AvgIpc) is 3.28. The number of rotatable bonds is 6. The Kier molecular flexibility index (Phi) is 6.24. The predicted molar refractivity (Wildman–Crippen MR) is 136 cm³/mol. The molecule has 1 aliphatic heterocycles. The molecule has 0 aliphatic carbocycles. The zero-order valence-corrected chi connectivity index (χ0v) is 20.2. The van der Waals surface area contributed by atoms with Gasteiger partial charge in [0.15, 0.2) is 0 Å². The third kappa shape index (κ3) is 4.30. The van der Waals surface area contributed by atoms with Crippen LogP contribution < -0.4 is 19.3 Å². The Bertz CT molecular complexity index is 1250. The first-order valence-electron chi connectivity index (χ1n) is 11.0. The normalized spacial score (nSPS) is 14.0. The first kappa shape index (κ1) is 21.8. The minimum absolute atomic E-state index is 0.282. The summed E-state index contributed by atoms with van der Waals surface area (Å²) in [6, 6.07) is 16.3. The predicted octanol–water partition coefficient (Wildman–Crippen LogP) is 5.75. The molecule has 8 heteroatoms. The van der Waals surface area contributed by atoms with Crippen LogP contribution in [-0.2, 0) is 0 Å². The second kappa shape index (κ2) is 9.45. The fraction of sp³-hybridized carbons (Fsp3) is 0.280. The van der Waals surface area contributed by atoms with Crippen molar-refractivity contribution in [3.05, 3.63) is 59.2 Å². The van der Waals surface area contributed by atoms with Gasteiger partial charge in [0, 0.05) is 37.1 Å². The number of anilines is 2. The van der Waals surface area contributed by atoms with E-state index in [9.17, 15) is 0 Å². The number of methoxy groups -OCH3 is 1. The lowest BCUT2D eigenvalue weighted by molar-refractivity contribution is 0.340. The quantitative estimate of drug-likeness (QED) is 0.328. The first-order chi connectivity index (χ1) is 16.2. The first-order valence-corrected chi connectivity index (χ1v) is 12.2. The van der Waals surface area contributed by atoms with Crippen LogP contribution >= 0.6 is 22.9 Å². The molecule has 1 saturated heterocycles. The third-order valence-electron chi connectivity index (χ3n) is 5.87. The molecule has 170 valence electrons. The van der Waals surface area contributed by atoms with Crippen molar-refractivity contribution in [3.63, 3.8) is 0 Å². The largest absolute Gasteiger partial charge is 0.495 e. The van der Waals surface area contributed by atoms with E-state index >= 15 is 0 Å². The summed E-state index contributed by atoms with van der Waals surface area (Å²) >= 11 is 7.93. The SMILES string of the molecule is CCOc1ccc(-c2csc3nc(Cl)nc(N4CCN(c5ccccc5OC)CC4)c23)cc1. The van der Waals surface area contributed by atoms with Gasteiger partial charge in [-0.3, -0.25) is 0 Å². The zero-order chi connectivity index (χ0) is 22.8. The van der Waals surface area contributed by atoms with E-state index in [1.807, 2.05) is 37.3 Å². The molecule has 5 rings (SSSR count). The third-order valence-corrected chi connectivity index (χ3v) is 6.91. The van der Waals surface area contributed by atoms with Gasteiger partial charge in [0.1, 0.15) is 22.1 Å². The van der Waals surface area contributed by atoms with Crippen LogP contribution in [0.25, 0.3) is 21.3 Å². The molecule has 0 N–H and O–H groups in total. The molecule has 0 spiro atoms. The average molecular weight is 481 g/mol. The van der Waals surface area contributed by atoms with Crippen molar-refractivity contribution in [2.45, 2.75) is 6.92 Å².